The van der Waals surface area contributed by atoms with E-state index < -0.39 is 66.9 Å². The van der Waals surface area contributed by atoms with Gasteiger partial charge in [0.05, 0.1) is 67.2 Å². The fraction of sp³-hybridized carbons (Fsp3) is 0.425. The number of nitrogen functional groups attached to an aromatic ring is 1. The number of hydrogen-bond acceptors (Lipinski definition) is 17. The molecule has 2 aromatic carbocycles. The van der Waals surface area contributed by atoms with Crippen LogP contribution in [0.3, 0.4) is 0 Å². The van der Waals surface area contributed by atoms with Gasteiger partial charge in [-0.25, -0.2) is 9.97 Å². The SMILES string of the molecule is NC(=O)CCC(C=O)N1C(=O)c2cccc(NCCOCCOCCOCCNC(=O)COc3cc([C@@H](O)[C@H]4O[C@@H](n5ccc6c(N)ncnc65)[C@H](O)[C@@H]4O)ccc3Cl)c2C1=O. The third-order valence-electron chi connectivity index (χ3n) is 10.1. The first kappa shape index (κ1) is 45.7. The number of aliphatic hydroxyl groups is 3. The van der Waals surface area contributed by atoms with Gasteiger partial charge >= 0.3 is 0 Å². The van der Waals surface area contributed by atoms with Crippen molar-refractivity contribution in [3.05, 3.63) is 76.7 Å². The first-order valence-corrected chi connectivity index (χ1v) is 20.0. The lowest BCUT2D eigenvalue weighted by Gasteiger charge is -2.22. The van der Waals surface area contributed by atoms with E-state index in [1.807, 2.05) is 0 Å². The molecule has 9 N–H and O–H groups in total. The van der Waals surface area contributed by atoms with Crippen LogP contribution in [0.15, 0.2) is 55.0 Å². The summed E-state index contributed by atoms with van der Waals surface area (Å²) in [5.41, 5.74) is 12.4. The fourth-order valence-electron chi connectivity index (χ4n) is 6.93. The second-order valence-corrected chi connectivity index (χ2v) is 14.6. The second kappa shape index (κ2) is 21.3. The van der Waals surface area contributed by atoms with E-state index in [4.69, 9.17) is 46.8 Å². The number of benzene rings is 2. The van der Waals surface area contributed by atoms with E-state index >= 15 is 0 Å². The largest absolute Gasteiger partial charge is 0.482 e. The van der Waals surface area contributed by atoms with Crippen LogP contribution in [-0.4, -0.2) is 148 Å². The highest BCUT2D eigenvalue weighted by atomic mass is 35.5. The average molecular weight is 883 g/mol. The number of imide groups is 1. The highest BCUT2D eigenvalue weighted by Gasteiger charge is 2.48. The van der Waals surface area contributed by atoms with Gasteiger partial charge in [0.1, 0.15) is 54.2 Å². The van der Waals surface area contributed by atoms with Crippen LogP contribution in [0.1, 0.15) is 51.5 Å². The maximum Gasteiger partial charge on any atom is 0.264 e. The molecule has 1 fully saturated rings. The molecule has 1 saturated heterocycles. The molecule has 0 spiro atoms. The lowest BCUT2D eigenvalue weighted by Crippen LogP contribution is -2.41. The molecule has 4 heterocycles. The fourth-order valence-corrected chi connectivity index (χ4v) is 7.11. The first-order chi connectivity index (χ1) is 29.9. The lowest BCUT2D eigenvalue weighted by atomic mass is 9.99. The van der Waals surface area contributed by atoms with Gasteiger partial charge in [-0.3, -0.25) is 24.1 Å². The van der Waals surface area contributed by atoms with Crippen LogP contribution in [0, 0.1) is 0 Å². The molecule has 2 aliphatic heterocycles. The number of halogens is 1. The molecule has 22 heteroatoms. The number of aliphatic hydroxyl groups excluding tert-OH is 3. The average Bonchev–Trinajstić information content (AvgIpc) is 3.90. The number of fused-ring (bicyclic) bond motifs is 2. The molecule has 0 bridgehead atoms. The highest BCUT2D eigenvalue weighted by Crippen LogP contribution is 2.39. The molecule has 6 rings (SSSR count). The van der Waals surface area contributed by atoms with Crippen LogP contribution in [0.25, 0.3) is 11.0 Å². The molecule has 62 heavy (non-hydrogen) atoms. The highest BCUT2D eigenvalue weighted by molar-refractivity contribution is 6.32. The number of nitrogens with one attached hydrogen (secondary N) is 2. The van der Waals surface area contributed by atoms with Crippen LogP contribution >= 0.6 is 11.6 Å². The number of ether oxygens (including phenoxy) is 5. The normalized spacial score (nSPS) is 19.4. The predicted octanol–water partition coefficient (Wildman–Crippen LogP) is 0.106. The number of nitrogens with zero attached hydrogens (tertiary/aromatic N) is 4. The summed E-state index contributed by atoms with van der Waals surface area (Å²) in [6.07, 6.45) is -3.52. The maximum atomic E-state index is 13.1. The van der Waals surface area contributed by atoms with Gasteiger partial charge in [0.15, 0.2) is 12.8 Å². The molecule has 1 unspecified atom stereocenters. The number of aromatic nitrogens is 3. The topological polar surface area (TPSA) is 302 Å². The minimum atomic E-state index is -1.48. The summed E-state index contributed by atoms with van der Waals surface area (Å²) in [6.45, 7) is 1.68. The molecule has 0 radical (unpaired) electrons. The van der Waals surface area contributed by atoms with Gasteiger partial charge in [0, 0.05) is 31.4 Å². The number of primary amides is 1. The van der Waals surface area contributed by atoms with Crippen LogP contribution in [0.5, 0.6) is 5.75 Å². The maximum absolute atomic E-state index is 13.1. The molecule has 4 aromatic rings. The van der Waals surface area contributed by atoms with Gasteiger partial charge in [-0.15, -0.1) is 0 Å². The monoisotopic (exact) mass is 882 g/mol. The summed E-state index contributed by atoms with van der Waals surface area (Å²) in [5.74, 6) is -2.01. The zero-order chi connectivity index (χ0) is 44.3. The Morgan fingerprint density at radius 3 is 2.42 bits per heavy atom. The summed E-state index contributed by atoms with van der Waals surface area (Å²) >= 11 is 6.30. The molecule has 2 aromatic heterocycles. The van der Waals surface area contributed by atoms with Crippen molar-refractivity contribution in [2.24, 2.45) is 5.73 Å². The minimum absolute atomic E-state index is 0.0575. The molecular formula is C40H47ClN8O13. The van der Waals surface area contributed by atoms with Gasteiger partial charge in [-0.05, 0) is 42.3 Å². The third kappa shape index (κ3) is 10.6. The molecular weight excluding hydrogens is 836 g/mol. The molecule has 4 amide bonds. The Morgan fingerprint density at radius 1 is 0.968 bits per heavy atom. The van der Waals surface area contributed by atoms with Crippen LogP contribution < -0.4 is 26.8 Å². The van der Waals surface area contributed by atoms with Gasteiger partial charge in [0.25, 0.3) is 17.7 Å². The summed E-state index contributed by atoms with van der Waals surface area (Å²) in [4.78, 5) is 70.3. The summed E-state index contributed by atoms with van der Waals surface area (Å²) in [5, 5.41) is 39.3. The van der Waals surface area contributed by atoms with Gasteiger partial charge in [-0.2, -0.15) is 0 Å². The smallest absolute Gasteiger partial charge is 0.264 e. The Kier molecular flexibility index (Phi) is 15.7. The number of carbonyl (C=O) groups is 5. The quantitative estimate of drug-likeness (QED) is 0.0279. The molecule has 332 valence electrons. The number of carbonyl (C=O) groups excluding carboxylic acids is 5. The molecule has 6 atom stereocenters. The Balaban J connectivity index is 0.824. The molecule has 2 aliphatic rings. The second-order valence-electron chi connectivity index (χ2n) is 14.1. The Labute approximate surface area is 359 Å². The molecule has 0 aliphatic carbocycles. The third-order valence-corrected chi connectivity index (χ3v) is 10.4. The zero-order valence-corrected chi connectivity index (χ0v) is 34.0. The first-order valence-electron chi connectivity index (χ1n) is 19.6. The van der Waals surface area contributed by atoms with E-state index in [0.717, 1.165) is 4.90 Å². The van der Waals surface area contributed by atoms with Crippen molar-refractivity contribution in [3.63, 3.8) is 0 Å². The number of amides is 4. The Hall–Kier alpha value is -5.78. The van der Waals surface area contributed by atoms with Crippen molar-refractivity contribution >= 4 is 64.1 Å². The van der Waals surface area contributed by atoms with E-state index in [1.165, 1.54) is 35.2 Å². The number of aldehydes is 1. The van der Waals surface area contributed by atoms with Crippen LogP contribution in [0.4, 0.5) is 11.5 Å². The molecule has 0 saturated carbocycles. The Morgan fingerprint density at radius 2 is 1.69 bits per heavy atom. The van der Waals surface area contributed by atoms with E-state index in [2.05, 4.69) is 20.6 Å². The van der Waals surface area contributed by atoms with Crippen molar-refractivity contribution in [3.8, 4) is 5.75 Å². The summed E-state index contributed by atoms with van der Waals surface area (Å²) in [7, 11) is 0. The zero-order valence-electron chi connectivity index (χ0n) is 33.3. The van der Waals surface area contributed by atoms with E-state index in [0.29, 0.717) is 29.6 Å². The summed E-state index contributed by atoms with van der Waals surface area (Å²) < 4.78 is 29.6. The van der Waals surface area contributed by atoms with E-state index in [1.54, 1.807) is 24.4 Å². The van der Waals surface area contributed by atoms with Crippen molar-refractivity contribution in [1.29, 1.82) is 0 Å². The van der Waals surface area contributed by atoms with Gasteiger partial charge < -0.3 is 70.5 Å². The van der Waals surface area contributed by atoms with Gasteiger partial charge in [-0.1, -0.05) is 23.7 Å². The van der Waals surface area contributed by atoms with Crippen molar-refractivity contribution in [1.82, 2.24) is 24.8 Å². The predicted molar refractivity (Wildman–Crippen MR) is 219 cm³/mol. The van der Waals surface area contributed by atoms with Crippen molar-refractivity contribution in [2.45, 2.75) is 49.5 Å². The number of rotatable bonds is 24. The standard InChI is InChI=1S/C40H47ClN8O13/c41-26-6-4-22(32(53)35-33(54)34(55)40(62-35)48-11-8-25-36(43)46-21-47-37(25)48)18-28(26)61-20-30(52)45-10-13-59-15-17-60-16-14-58-12-9-44-27-3-1-2-24-31(27)39(57)49(38(24)56)23(19-50)5-7-29(42)51/h1-4,6,8,11,18-19,21,23,32-35,40,44,53-55H,5,7,9-10,12-17,20H2,(H2,42,51)(H,45,52)(H2,43,46,47)/t23?,32-,33+,34-,35-,40-/m1/s1. The van der Waals surface area contributed by atoms with Gasteiger partial charge in [0.2, 0.25) is 5.91 Å². The van der Waals surface area contributed by atoms with E-state index in [-0.39, 0.29) is 92.3 Å². The van der Waals surface area contributed by atoms with Crippen LogP contribution in [0.2, 0.25) is 5.02 Å². The number of hydrogen-bond donors (Lipinski definition) is 7. The number of nitrogens with two attached hydrogens (primary N) is 2. The van der Waals surface area contributed by atoms with Crippen molar-refractivity contribution < 1.29 is 63.0 Å². The van der Waals surface area contributed by atoms with E-state index in [9.17, 15) is 39.3 Å². The Bertz CT molecular complexity index is 2240. The van der Waals surface area contributed by atoms with Crippen LogP contribution in [-0.2, 0) is 33.3 Å². The minimum Gasteiger partial charge on any atom is -0.482 e. The number of anilines is 2. The lowest BCUT2D eigenvalue weighted by molar-refractivity contribution is -0.123. The summed E-state index contributed by atoms with van der Waals surface area (Å²) in [6, 6.07) is 9.70. The van der Waals surface area contributed by atoms with Crippen molar-refractivity contribution in [2.75, 3.05) is 70.4 Å². The molecule has 21 nitrogen and oxygen atoms in total.